The maximum atomic E-state index is 13.8. The van der Waals surface area contributed by atoms with Gasteiger partial charge in [-0.15, -0.1) is 0 Å². The summed E-state index contributed by atoms with van der Waals surface area (Å²) >= 11 is 0. The second kappa shape index (κ2) is 13.2. The van der Waals surface area contributed by atoms with Crippen molar-refractivity contribution in [1.82, 2.24) is 5.32 Å². The number of furan rings is 1. The molecule has 8 heteroatoms. The summed E-state index contributed by atoms with van der Waals surface area (Å²) in [6, 6.07) is 37.6. The standard InChI is InChI=1S/C37H31N3O5/c41-35(42)20-21-38-36(43)26-14-18-29(19-15-26)39-32(22-27-9-5-8-24-6-1-3-10-31(24)27)37(44)40-30-16-12-25(13-17-30)34-23-28-7-2-4-11-33(28)45-34/h1-19,23,32,39H,20-22H2,(H,38,43)(H,40,44)(H,41,42). The van der Waals surface area contributed by atoms with Crippen molar-refractivity contribution in [2.75, 3.05) is 17.2 Å². The van der Waals surface area contributed by atoms with Crippen molar-refractivity contribution < 1.29 is 23.9 Å². The molecule has 6 aromatic rings. The van der Waals surface area contributed by atoms with E-state index in [9.17, 15) is 14.4 Å². The molecule has 5 aromatic carbocycles. The molecule has 0 radical (unpaired) electrons. The lowest BCUT2D eigenvalue weighted by molar-refractivity contribution is -0.136. The van der Waals surface area contributed by atoms with Crippen LogP contribution in [0.4, 0.5) is 11.4 Å². The molecule has 0 aliphatic rings. The third-order valence-corrected chi connectivity index (χ3v) is 7.60. The highest BCUT2D eigenvalue weighted by molar-refractivity contribution is 5.98. The second-order valence-electron chi connectivity index (χ2n) is 10.7. The number of carbonyl (C=O) groups excluding carboxylic acids is 2. The van der Waals surface area contributed by atoms with Crippen molar-refractivity contribution in [2.24, 2.45) is 0 Å². The number of carbonyl (C=O) groups is 3. The Kier molecular flexibility index (Phi) is 8.55. The van der Waals surface area contributed by atoms with E-state index in [-0.39, 0.29) is 24.8 Å². The van der Waals surface area contributed by atoms with Gasteiger partial charge in [-0.25, -0.2) is 0 Å². The average molecular weight is 598 g/mol. The third-order valence-electron chi connectivity index (χ3n) is 7.60. The summed E-state index contributed by atoms with van der Waals surface area (Å²) in [6.07, 6.45) is 0.265. The van der Waals surface area contributed by atoms with E-state index >= 15 is 0 Å². The van der Waals surface area contributed by atoms with E-state index in [1.165, 1.54) is 0 Å². The molecule has 224 valence electrons. The van der Waals surface area contributed by atoms with Gasteiger partial charge < -0.3 is 25.5 Å². The van der Waals surface area contributed by atoms with Gasteiger partial charge in [-0.2, -0.15) is 0 Å². The number of anilines is 2. The predicted molar refractivity (Wildman–Crippen MR) is 176 cm³/mol. The maximum absolute atomic E-state index is 13.8. The van der Waals surface area contributed by atoms with Crippen LogP contribution in [0.15, 0.2) is 126 Å². The van der Waals surface area contributed by atoms with Crippen LogP contribution in [-0.2, 0) is 16.0 Å². The molecule has 0 aliphatic heterocycles. The molecule has 1 heterocycles. The van der Waals surface area contributed by atoms with Gasteiger partial charge in [0.05, 0.1) is 6.42 Å². The van der Waals surface area contributed by atoms with Gasteiger partial charge in [0.1, 0.15) is 17.4 Å². The molecular formula is C37H31N3O5. The van der Waals surface area contributed by atoms with E-state index in [4.69, 9.17) is 9.52 Å². The lowest BCUT2D eigenvalue weighted by Crippen LogP contribution is -2.36. The molecule has 0 saturated carbocycles. The number of para-hydroxylation sites is 1. The fraction of sp³-hybridized carbons (Fsp3) is 0.108. The number of amides is 2. The van der Waals surface area contributed by atoms with Crippen LogP contribution in [0.2, 0.25) is 0 Å². The summed E-state index contributed by atoms with van der Waals surface area (Å²) in [4.78, 5) is 36.9. The zero-order valence-electron chi connectivity index (χ0n) is 24.3. The van der Waals surface area contributed by atoms with E-state index in [2.05, 4.69) is 16.0 Å². The summed E-state index contributed by atoms with van der Waals surface area (Å²) < 4.78 is 5.99. The number of nitrogens with one attached hydrogen (secondary N) is 3. The fourth-order valence-corrected chi connectivity index (χ4v) is 5.28. The number of benzene rings is 5. The van der Waals surface area contributed by atoms with Gasteiger partial charge in [-0.1, -0.05) is 60.7 Å². The summed E-state index contributed by atoms with van der Waals surface area (Å²) in [6.45, 7) is 0.0424. The van der Waals surface area contributed by atoms with Gasteiger partial charge in [0.15, 0.2) is 0 Å². The topological polar surface area (TPSA) is 121 Å². The Morgan fingerprint density at radius 1 is 0.733 bits per heavy atom. The first-order valence-corrected chi connectivity index (χ1v) is 14.7. The Morgan fingerprint density at radius 2 is 1.42 bits per heavy atom. The van der Waals surface area contributed by atoms with Crippen LogP contribution in [-0.4, -0.2) is 35.5 Å². The number of hydrogen-bond donors (Lipinski definition) is 4. The van der Waals surface area contributed by atoms with Crippen LogP contribution >= 0.6 is 0 Å². The molecule has 6 rings (SSSR count). The molecule has 1 aromatic heterocycles. The molecule has 0 bridgehead atoms. The molecule has 8 nitrogen and oxygen atoms in total. The van der Waals surface area contributed by atoms with E-state index in [1.807, 2.05) is 97.1 Å². The second-order valence-corrected chi connectivity index (χ2v) is 10.7. The molecule has 4 N–H and O–H groups in total. The molecule has 45 heavy (non-hydrogen) atoms. The highest BCUT2D eigenvalue weighted by atomic mass is 16.4. The number of rotatable bonds is 11. The predicted octanol–water partition coefficient (Wildman–Crippen LogP) is 7.12. The molecule has 0 spiro atoms. The first kappa shape index (κ1) is 29.2. The first-order valence-electron chi connectivity index (χ1n) is 14.7. The monoisotopic (exact) mass is 597 g/mol. The lowest BCUT2D eigenvalue weighted by Gasteiger charge is -2.21. The van der Waals surface area contributed by atoms with Crippen LogP contribution in [0.1, 0.15) is 22.3 Å². The lowest BCUT2D eigenvalue weighted by atomic mass is 9.98. The van der Waals surface area contributed by atoms with Crippen LogP contribution in [0.3, 0.4) is 0 Å². The summed E-state index contributed by atoms with van der Waals surface area (Å²) in [5.41, 5.74) is 4.46. The van der Waals surface area contributed by atoms with E-state index in [1.54, 1.807) is 24.3 Å². The molecule has 0 fully saturated rings. The zero-order chi connectivity index (χ0) is 31.2. The van der Waals surface area contributed by atoms with Crippen molar-refractivity contribution in [3.63, 3.8) is 0 Å². The quantitative estimate of drug-likeness (QED) is 0.126. The molecule has 1 unspecified atom stereocenters. The van der Waals surface area contributed by atoms with E-state index < -0.39 is 12.0 Å². The van der Waals surface area contributed by atoms with Gasteiger partial charge in [0.2, 0.25) is 5.91 Å². The molecule has 0 aliphatic carbocycles. The van der Waals surface area contributed by atoms with Crippen molar-refractivity contribution in [2.45, 2.75) is 18.9 Å². The van der Waals surface area contributed by atoms with E-state index in [0.29, 0.717) is 23.4 Å². The Hall–Kier alpha value is -5.89. The normalized spacial score (nSPS) is 11.6. The highest BCUT2D eigenvalue weighted by Crippen LogP contribution is 2.29. The zero-order valence-corrected chi connectivity index (χ0v) is 24.3. The molecule has 2 amide bonds. The minimum absolute atomic E-state index is 0.0424. The largest absolute Gasteiger partial charge is 0.481 e. The van der Waals surface area contributed by atoms with Crippen molar-refractivity contribution in [3.8, 4) is 11.3 Å². The average Bonchev–Trinajstić information content (AvgIpc) is 3.49. The van der Waals surface area contributed by atoms with Crippen LogP contribution in [0, 0.1) is 0 Å². The Labute approximate surface area is 259 Å². The summed E-state index contributed by atoms with van der Waals surface area (Å²) in [5.74, 6) is -0.801. The fourth-order valence-electron chi connectivity index (χ4n) is 5.28. The van der Waals surface area contributed by atoms with Crippen molar-refractivity contribution in [3.05, 3.63) is 132 Å². The number of hydrogen-bond acceptors (Lipinski definition) is 5. The summed E-state index contributed by atoms with van der Waals surface area (Å²) in [5, 5.41) is 21.0. The Morgan fingerprint density at radius 3 is 2.18 bits per heavy atom. The van der Waals surface area contributed by atoms with Crippen molar-refractivity contribution in [1.29, 1.82) is 0 Å². The number of carboxylic acids is 1. The van der Waals surface area contributed by atoms with Gasteiger partial charge in [0.25, 0.3) is 5.91 Å². The third kappa shape index (κ3) is 7.02. The van der Waals surface area contributed by atoms with Crippen LogP contribution in [0.5, 0.6) is 0 Å². The van der Waals surface area contributed by atoms with E-state index in [0.717, 1.165) is 38.6 Å². The Bertz CT molecular complexity index is 1940. The minimum Gasteiger partial charge on any atom is -0.481 e. The van der Waals surface area contributed by atoms with Gasteiger partial charge in [0, 0.05) is 40.9 Å². The highest BCUT2D eigenvalue weighted by Gasteiger charge is 2.21. The van der Waals surface area contributed by atoms with Crippen LogP contribution in [0.25, 0.3) is 33.1 Å². The molecule has 1 atom stereocenters. The number of fused-ring (bicyclic) bond motifs is 2. The first-order chi connectivity index (χ1) is 21.9. The number of carboxylic acid groups (broad SMARTS) is 1. The minimum atomic E-state index is -0.979. The molecular weight excluding hydrogens is 566 g/mol. The number of aliphatic carboxylic acids is 1. The van der Waals surface area contributed by atoms with Gasteiger partial charge in [-0.3, -0.25) is 14.4 Å². The summed E-state index contributed by atoms with van der Waals surface area (Å²) in [7, 11) is 0. The van der Waals surface area contributed by atoms with Crippen LogP contribution < -0.4 is 16.0 Å². The maximum Gasteiger partial charge on any atom is 0.305 e. The SMILES string of the molecule is O=C(O)CCNC(=O)c1ccc(NC(Cc2cccc3ccccc23)C(=O)Nc2ccc(-c3cc4ccccc4o3)cc2)cc1. The smallest absolute Gasteiger partial charge is 0.305 e. The van der Waals surface area contributed by atoms with Crippen molar-refractivity contribution >= 4 is 50.9 Å². The van der Waals surface area contributed by atoms with Gasteiger partial charge in [-0.05, 0) is 77.0 Å². The van der Waals surface area contributed by atoms with Gasteiger partial charge >= 0.3 is 5.97 Å². The Balaban J connectivity index is 1.20. The molecule has 0 saturated heterocycles.